The van der Waals surface area contributed by atoms with Gasteiger partial charge in [-0.1, -0.05) is 0 Å². The van der Waals surface area contributed by atoms with Crippen molar-refractivity contribution >= 4 is 30.4 Å². The molecular formula is C8H9IO2S. The molecule has 1 rings (SSSR count). The number of halogens is 1. The fourth-order valence-electron chi connectivity index (χ4n) is 0.939. The van der Waals surface area contributed by atoms with E-state index in [1.54, 1.807) is 7.11 Å². The van der Waals surface area contributed by atoms with E-state index >= 15 is 0 Å². The Hall–Kier alpha value is -0.100. The molecule has 0 N–H and O–H groups in total. The molecule has 0 heterocycles. The van der Waals surface area contributed by atoms with Crippen molar-refractivity contribution in [2.45, 2.75) is 6.92 Å². The zero-order valence-electron chi connectivity index (χ0n) is 6.83. The van der Waals surface area contributed by atoms with Crippen molar-refractivity contribution < 1.29 is 8.92 Å². The Balaban J connectivity index is 2.86. The number of hydrogen-bond donors (Lipinski definition) is 0. The van der Waals surface area contributed by atoms with Crippen LogP contribution in [0.1, 0.15) is 5.56 Å². The van der Waals surface area contributed by atoms with Gasteiger partial charge in [0.25, 0.3) is 0 Å². The fourth-order valence-corrected chi connectivity index (χ4v) is 1.74. The summed E-state index contributed by atoms with van der Waals surface area (Å²) in [6.45, 7) is 1.99. The van der Waals surface area contributed by atoms with Gasteiger partial charge in [0.2, 0.25) is 0 Å². The molecule has 2 nitrogen and oxygen atoms in total. The zero-order chi connectivity index (χ0) is 8.97. The van der Waals surface area contributed by atoms with Crippen molar-refractivity contribution in [3.63, 3.8) is 0 Å². The van der Waals surface area contributed by atoms with Gasteiger partial charge in [-0.05, 0) is 30.7 Å². The lowest BCUT2D eigenvalue weighted by Crippen LogP contribution is -1.87. The van der Waals surface area contributed by atoms with Crippen LogP contribution in [0, 0.1) is 6.92 Å². The molecule has 0 aromatic heterocycles. The van der Waals surface area contributed by atoms with E-state index in [0.717, 1.165) is 17.1 Å². The number of rotatable bonds is 3. The third-order valence-electron chi connectivity index (χ3n) is 1.49. The highest BCUT2D eigenvalue weighted by molar-refractivity contribution is 14.2. The maximum Gasteiger partial charge on any atom is 0.139 e. The molecule has 1 aromatic rings. The highest BCUT2D eigenvalue weighted by atomic mass is 127. The summed E-state index contributed by atoms with van der Waals surface area (Å²) >= 11 is 2.08. The largest absolute Gasteiger partial charge is 0.496 e. The Kier molecular flexibility index (Phi) is 4.00. The van der Waals surface area contributed by atoms with E-state index in [2.05, 4.69) is 21.2 Å². The average molecular weight is 296 g/mol. The molecule has 0 aliphatic rings. The highest BCUT2D eigenvalue weighted by Crippen LogP contribution is 2.26. The van der Waals surface area contributed by atoms with Crippen LogP contribution in [0.2, 0.25) is 0 Å². The average Bonchev–Trinajstić information content (AvgIpc) is 2.05. The van der Waals surface area contributed by atoms with Gasteiger partial charge < -0.3 is 8.92 Å². The summed E-state index contributed by atoms with van der Waals surface area (Å²) in [4.78, 5) is 0. The van der Waals surface area contributed by atoms with Crippen LogP contribution in [0.5, 0.6) is 11.5 Å². The molecule has 0 unspecified atom stereocenters. The zero-order valence-corrected chi connectivity index (χ0v) is 9.81. The summed E-state index contributed by atoms with van der Waals surface area (Å²) < 4.78 is 10.3. The summed E-state index contributed by atoms with van der Waals surface area (Å²) in [5, 5.41) is 0. The number of ether oxygens (including phenoxy) is 1. The van der Waals surface area contributed by atoms with Gasteiger partial charge in [-0.25, -0.2) is 0 Å². The Labute approximate surface area is 88.4 Å². The van der Waals surface area contributed by atoms with Gasteiger partial charge in [0.05, 0.1) is 7.11 Å². The summed E-state index contributed by atoms with van der Waals surface area (Å²) in [6, 6.07) is 5.74. The van der Waals surface area contributed by atoms with Gasteiger partial charge in [-0.3, -0.25) is 0 Å². The Morgan fingerprint density at radius 3 is 2.67 bits per heavy atom. The summed E-state index contributed by atoms with van der Waals surface area (Å²) in [7, 11) is 2.97. The lowest BCUT2D eigenvalue weighted by atomic mass is 10.2. The van der Waals surface area contributed by atoms with E-state index in [0.29, 0.717) is 0 Å². The van der Waals surface area contributed by atoms with Gasteiger partial charge in [0.1, 0.15) is 20.7 Å². The van der Waals surface area contributed by atoms with E-state index in [1.165, 1.54) is 9.21 Å². The summed E-state index contributed by atoms with van der Waals surface area (Å²) in [6.07, 6.45) is 0. The van der Waals surface area contributed by atoms with Gasteiger partial charge >= 0.3 is 0 Å². The summed E-state index contributed by atoms with van der Waals surface area (Å²) in [5.74, 6) is 1.74. The van der Waals surface area contributed by atoms with Gasteiger partial charge in [0, 0.05) is 21.2 Å². The smallest absolute Gasteiger partial charge is 0.139 e. The molecule has 0 amide bonds. The maximum absolute atomic E-state index is 5.23. The lowest BCUT2D eigenvalue weighted by Gasteiger charge is -2.05. The standard InChI is InChI=1S/C8H9IO2S/c1-6-5-7(11-12-9)3-4-8(6)10-2/h3-5H,1-2H3. The molecule has 12 heavy (non-hydrogen) atoms. The first-order valence-electron chi connectivity index (χ1n) is 3.38. The predicted molar refractivity (Wildman–Crippen MR) is 60.0 cm³/mol. The second kappa shape index (κ2) is 4.81. The molecule has 0 aliphatic heterocycles. The molecule has 0 bridgehead atoms. The molecule has 0 fully saturated rings. The molecule has 4 heteroatoms. The normalized spacial score (nSPS) is 9.58. The van der Waals surface area contributed by atoms with Crippen molar-refractivity contribution in [3.05, 3.63) is 23.8 Å². The molecule has 0 aliphatic carbocycles. The molecule has 0 saturated carbocycles. The molecule has 1 aromatic carbocycles. The van der Waals surface area contributed by atoms with Crippen LogP contribution in [0.4, 0.5) is 0 Å². The predicted octanol–water partition coefficient (Wildman–Crippen LogP) is 3.38. The van der Waals surface area contributed by atoms with Crippen LogP contribution in [-0.2, 0) is 0 Å². The Bertz CT molecular complexity index is 265. The Morgan fingerprint density at radius 2 is 2.17 bits per heavy atom. The number of methoxy groups -OCH3 is 1. The van der Waals surface area contributed by atoms with Crippen molar-refractivity contribution in [1.82, 2.24) is 0 Å². The van der Waals surface area contributed by atoms with Crippen LogP contribution in [0.25, 0.3) is 0 Å². The first-order chi connectivity index (χ1) is 5.77. The van der Waals surface area contributed by atoms with Gasteiger partial charge in [-0.2, -0.15) is 0 Å². The van der Waals surface area contributed by atoms with E-state index < -0.39 is 0 Å². The van der Waals surface area contributed by atoms with Crippen LogP contribution >= 0.6 is 30.4 Å². The van der Waals surface area contributed by atoms with Crippen molar-refractivity contribution in [1.29, 1.82) is 0 Å². The third-order valence-corrected chi connectivity index (χ3v) is 2.29. The third kappa shape index (κ3) is 2.45. The molecule has 0 spiro atoms. The first-order valence-corrected chi connectivity index (χ1v) is 6.66. The van der Waals surface area contributed by atoms with E-state index in [4.69, 9.17) is 8.92 Å². The van der Waals surface area contributed by atoms with Gasteiger partial charge in [-0.15, -0.1) is 0 Å². The van der Waals surface area contributed by atoms with E-state index in [9.17, 15) is 0 Å². The first kappa shape index (κ1) is 9.98. The second-order valence-electron chi connectivity index (χ2n) is 2.28. The van der Waals surface area contributed by atoms with Crippen LogP contribution in [0.3, 0.4) is 0 Å². The molecular weight excluding hydrogens is 287 g/mol. The van der Waals surface area contributed by atoms with E-state index in [1.807, 2.05) is 25.1 Å². The second-order valence-corrected chi connectivity index (χ2v) is 3.65. The van der Waals surface area contributed by atoms with E-state index in [-0.39, 0.29) is 0 Å². The molecule has 66 valence electrons. The number of aryl methyl sites for hydroxylation is 1. The quantitative estimate of drug-likeness (QED) is 0.629. The maximum atomic E-state index is 5.23. The number of hydrogen-bond acceptors (Lipinski definition) is 3. The molecule has 0 atom stereocenters. The minimum Gasteiger partial charge on any atom is -0.496 e. The van der Waals surface area contributed by atoms with Crippen molar-refractivity contribution in [2.24, 2.45) is 0 Å². The minimum atomic E-state index is 0.854. The van der Waals surface area contributed by atoms with Crippen LogP contribution in [-0.4, -0.2) is 7.11 Å². The van der Waals surface area contributed by atoms with Crippen molar-refractivity contribution in [2.75, 3.05) is 7.11 Å². The minimum absolute atomic E-state index is 0.854. The fraction of sp³-hybridized carbons (Fsp3) is 0.250. The monoisotopic (exact) mass is 296 g/mol. The number of benzene rings is 1. The Morgan fingerprint density at radius 1 is 1.42 bits per heavy atom. The highest BCUT2D eigenvalue weighted by Gasteiger charge is 1.99. The van der Waals surface area contributed by atoms with Gasteiger partial charge in [0.15, 0.2) is 0 Å². The summed E-state index contributed by atoms with van der Waals surface area (Å²) in [5.41, 5.74) is 1.08. The van der Waals surface area contributed by atoms with Crippen LogP contribution < -0.4 is 8.92 Å². The molecule has 0 saturated heterocycles. The molecule has 0 radical (unpaired) electrons. The van der Waals surface area contributed by atoms with Crippen LogP contribution in [0.15, 0.2) is 18.2 Å². The van der Waals surface area contributed by atoms with Crippen molar-refractivity contribution in [3.8, 4) is 11.5 Å². The topological polar surface area (TPSA) is 18.5 Å². The lowest BCUT2D eigenvalue weighted by molar-refractivity contribution is 0.411. The SMILES string of the molecule is COc1ccc(OSI)cc1C.